The molecule has 2 aromatic carbocycles. The average Bonchev–Trinajstić information content (AvgIpc) is 3.15. The molecule has 0 aromatic heterocycles. The third-order valence-corrected chi connectivity index (χ3v) is 5.42. The van der Waals surface area contributed by atoms with Crippen molar-refractivity contribution in [2.75, 3.05) is 13.7 Å². The molecule has 0 fully saturated rings. The SMILES string of the molecule is CCOC(=O)[C@H](c1cccc(OC)c1)[C@@H]1C=C[C@@H](NC(=O)c2cc(Cl)cc(Cl)c2)C1. The summed E-state index contributed by atoms with van der Waals surface area (Å²) in [5, 5.41) is 3.75. The minimum Gasteiger partial charge on any atom is -0.497 e. The highest BCUT2D eigenvalue weighted by Gasteiger charge is 2.34. The molecule has 0 spiro atoms. The Labute approximate surface area is 186 Å². The molecule has 3 rings (SSSR count). The van der Waals surface area contributed by atoms with E-state index in [2.05, 4.69) is 5.32 Å². The second-order valence-electron chi connectivity index (χ2n) is 7.03. The molecule has 0 bridgehead atoms. The lowest BCUT2D eigenvalue weighted by Crippen LogP contribution is -2.33. The van der Waals surface area contributed by atoms with Crippen molar-refractivity contribution in [1.82, 2.24) is 5.32 Å². The molecule has 1 amide bonds. The highest BCUT2D eigenvalue weighted by Crippen LogP contribution is 2.36. The molecular formula is C23H23Cl2NO4. The maximum absolute atomic E-state index is 12.7. The van der Waals surface area contributed by atoms with E-state index in [4.69, 9.17) is 32.7 Å². The number of amides is 1. The summed E-state index contributed by atoms with van der Waals surface area (Å²) in [6.07, 6.45) is 4.43. The van der Waals surface area contributed by atoms with Crippen molar-refractivity contribution in [2.45, 2.75) is 25.3 Å². The first-order chi connectivity index (χ1) is 14.4. The third kappa shape index (κ3) is 5.35. The minimum absolute atomic E-state index is 0.121. The number of halogens is 2. The van der Waals surface area contributed by atoms with Crippen molar-refractivity contribution >= 4 is 35.1 Å². The largest absolute Gasteiger partial charge is 0.497 e. The number of esters is 1. The van der Waals surface area contributed by atoms with Crippen molar-refractivity contribution in [1.29, 1.82) is 0 Å². The number of allylic oxidation sites excluding steroid dienone is 1. The van der Waals surface area contributed by atoms with Gasteiger partial charge in [-0.1, -0.05) is 47.5 Å². The number of ether oxygens (including phenoxy) is 2. The van der Waals surface area contributed by atoms with Gasteiger partial charge in [-0.15, -0.1) is 0 Å². The van der Waals surface area contributed by atoms with E-state index in [0.717, 1.165) is 5.56 Å². The van der Waals surface area contributed by atoms with Crippen LogP contribution in [0.5, 0.6) is 5.75 Å². The van der Waals surface area contributed by atoms with Gasteiger partial charge < -0.3 is 14.8 Å². The molecule has 158 valence electrons. The predicted molar refractivity (Wildman–Crippen MR) is 117 cm³/mol. The van der Waals surface area contributed by atoms with Gasteiger partial charge in [0.2, 0.25) is 0 Å². The number of rotatable bonds is 7. The van der Waals surface area contributed by atoms with Crippen LogP contribution in [0.25, 0.3) is 0 Å². The summed E-state index contributed by atoms with van der Waals surface area (Å²) in [6.45, 7) is 2.08. The first kappa shape index (κ1) is 22.2. The monoisotopic (exact) mass is 447 g/mol. The molecule has 1 N–H and O–H groups in total. The Morgan fingerprint density at radius 1 is 1.13 bits per heavy atom. The molecule has 2 aromatic rings. The fraction of sp³-hybridized carbons (Fsp3) is 0.304. The Kier molecular flexibility index (Phi) is 7.40. The van der Waals surface area contributed by atoms with Gasteiger partial charge >= 0.3 is 5.97 Å². The number of methoxy groups -OCH3 is 1. The second kappa shape index (κ2) is 10.0. The summed E-state index contributed by atoms with van der Waals surface area (Å²) in [4.78, 5) is 25.3. The van der Waals surface area contributed by atoms with E-state index >= 15 is 0 Å². The molecule has 1 aliphatic rings. The Morgan fingerprint density at radius 3 is 2.53 bits per heavy atom. The quantitative estimate of drug-likeness (QED) is 0.477. The summed E-state index contributed by atoms with van der Waals surface area (Å²) in [5.74, 6) is -0.507. The van der Waals surface area contributed by atoms with Crippen LogP contribution in [-0.2, 0) is 9.53 Å². The number of carbonyl (C=O) groups is 2. The van der Waals surface area contributed by atoms with Gasteiger partial charge in [-0.3, -0.25) is 9.59 Å². The van der Waals surface area contributed by atoms with Crippen molar-refractivity contribution < 1.29 is 19.1 Å². The molecule has 0 heterocycles. The van der Waals surface area contributed by atoms with Gasteiger partial charge in [0.1, 0.15) is 5.75 Å². The van der Waals surface area contributed by atoms with Crippen molar-refractivity contribution in [2.24, 2.45) is 5.92 Å². The fourth-order valence-corrected chi connectivity index (χ4v) is 4.17. The molecule has 30 heavy (non-hydrogen) atoms. The molecule has 0 radical (unpaired) electrons. The van der Waals surface area contributed by atoms with Crippen LogP contribution in [0, 0.1) is 5.92 Å². The zero-order chi connectivity index (χ0) is 21.7. The van der Waals surface area contributed by atoms with Gasteiger partial charge in [0.15, 0.2) is 0 Å². The summed E-state index contributed by atoms with van der Waals surface area (Å²) < 4.78 is 10.6. The topological polar surface area (TPSA) is 64.6 Å². The molecule has 0 unspecified atom stereocenters. The van der Waals surface area contributed by atoms with E-state index < -0.39 is 5.92 Å². The van der Waals surface area contributed by atoms with E-state index in [1.807, 2.05) is 36.4 Å². The highest BCUT2D eigenvalue weighted by atomic mass is 35.5. The maximum atomic E-state index is 12.7. The molecule has 0 aliphatic heterocycles. The van der Waals surface area contributed by atoms with E-state index in [0.29, 0.717) is 34.4 Å². The van der Waals surface area contributed by atoms with Crippen molar-refractivity contribution in [3.05, 3.63) is 75.8 Å². The Balaban J connectivity index is 1.75. The Hall–Kier alpha value is -2.50. The smallest absolute Gasteiger partial charge is 0.314 e. The van der Waals surface area contributed by atoms with E-state index in [1.165, 1.54) is 0 Å². The predicted octanol–water partition coefficient (Wildman–Crippen LogP) is 5.02. The lowest BCUT2D eigenvalue weighted by molar-refractivity contribution is -0.146. The zero-order valence-corrected chi connectivity index (χ0v) is 18.2. The van der Waals surface area contributed by atoms with Crippen LogP contribution in [-0.4, -0.2) is 31.6 Å². The first-order valence-electron chi connectivity index (χ1n) is 9.67. The number of hydrogen-bond acceptors (Lipinski definition) is 4. The zero-order valence-electron chi connectivity index (χ0n) is 16.7. The molecule has 5 nitrogen and oxygen atoms in total. The van der Waals surface area contributed by atoms with Crippen LogP contribution in [0.15, 0.2) is 54.6 Å². The number of hydrogen-bond donors (Lipinski definition) is 1. The van der Waals surface area contributed by atoms with Crippen LogP contribution >= 0.6 is 23.2 Å². The summed E-state index contributed by atoms with van der Waals surface area (Å²) in [7, 11) is 1.58. The fourth-order valence-electron chi connectivity index (χ4n) is 3.64. The standard InChI is InChI=1S/C23H23Cl2NO4/c1-3-30-23(28)21(14-5-4-6-20(12-14)29-2)15-7-8-19(11-15)26-22(27)16-9-17(24)13-18(25)10-16/h4-10,12-13,15,19,21H,3,11H2,1-2H3,(H,26,27)/t15-,19-,21-/m1/s1. The normalized spacial score (nSPS) is 18.7. The van der Waals surface area contributed by atoms with Crippen molar-refractivity contribution in [3.8, 4) is 5.75 Å². The molecule has 0 saturated heterocycles. The van der Waals surface area contributed by atoms with Crippen LogP contribution in [0.4, 0.5) is 0 Å². The highest BCUT2D eigenvalue weighted by molar-refractivity contribution is 6.35. The first-order valence-corrected chi connectivity index (χ1v) is 10.4. The van der Waals surface area contributed by atoms with E-state index in [-0.39, 0.29) is 23.8 Å². The number of benzene rings is 2. The van der Waals surface area contributed by atoms with Crippen LogP contribution in [0.1, 0.15) is 35.2 Å². The molecular weight excluding hydrogens is 425 g/mol. The third-order valence-electron chi connectivity index (χ3n) is 4.98. The van der Waals surface area contributed by atoms with Gasteiger partial charge in [-0.05, 0) is 55.2 Å². The van der Waals surface area contributed by atoms with Gasteiger partial charge in [0.25, 0.3) is 5.91 Å². The number of carbonyl (C=O) groups excluding carboxylic acids is 2. The van der Waals surface area contributed by atoms with Gasteiger partial charge in [0.05, 0.1) is 19.6 Å². The lowest BCUT2D eigenvalue weighted by atomic mass is 9.85. The average molecular weight is 448 g/mol. The summed E-state index contributed by atoms with van der Waals surface area (Å²) >= 11 is 12.0. The van der Waals surface area contributed by atoms with E-state index in [1.54, 1.807) is 32.2 Å². The van der Waals surface area contributed by atoms with Gasteiger partial charge in [-0.25, -0.2) is 0 Å². The molecule has 7 heteroatoms. The van der Waals surface area contributed by atoms with Gasteiger partial charge in [-0.2, -0.15) is 0 Å². The minimum atomic E-state index is -0.487. The summed E-state index contributed by atoms with van der Waals surface area (Å²) in [6, 6.07) is 11.9. The Bertz CT molecular complexity index is 940. The Morgan fingerprint density at radius 2 is 1.87 bits per heavy atom. The maximum Gasteiger partial charge on any atom is 0.314 e. The molecule has 3 atom stereocenters. The molecule has 0 saturated carbocycles. The van der Waals surface area contributed by atoms with Gasteiger partial charge in [0, 0.05) is 21.7 Å². The van der Waals surface area contributed by atoms with Crippen LogP contribution < -0.4 is 10.1 Å². The van der Waals surface area contributed by atoms with Crippen molar-refractivity contribution in [3.63, 3.8) is 0 Å². The molecule has 1 aliphatic carbocycles. The summed E-state index contributed by atoms with van der Waals surface area (Å²) in [5.41, 5.74) is 1.20. The lowest BCUT2D eigenvalue weighted by Gasteiger charge is -2.23. The second-order valence-corrected chi connectivity index (χ2v) is 7.90. The van der Waals surface area contributed by atoms with Crippen LogP contribution in [0.2, 0.25) is 10.0 Å². The van der Waals surface area contributed by atoms with Crippen LogP contribution in [0.3, 0.4) is 0 Å². The van der Waals surface area contributed by atoms with E-state index in [9.17, 15) is 9.59 Å². The number of nitrogens with one attached hydrogen (secondary N) is 1.